The van der Waals surface area contributed by atoms with Gasteiger partial charge in [-0.15, -0.1) is 0 Å². The van der Waals surface area contributed by atoms with Crippen LogP contribution >= 0.6 is 11.6 Å². The first kappa shape index (κ1) is 23.0. The predicted molar refractivity (Wildman–Crippen MR) is 147 cm³/mol. The smallest absolute Gasteiger partial charge is 0.251 e. The fraction of sp³-hybridized carbons (Fsp3) is 0.258. The first-order valence-corrected chi connectivity index (χ1v) is 13.6. The van der Waals surface area contributed by atoms with Crippen molar-refractivity contribution in [3.8, 4) is 0 Å². The molecular formula is C31H24ClN3O4. The number of rotatable bonds is 2. The number of anilines is 2. The van der Waals surface area contributed by atoms with Crippen LogP contribution in [0.25, 0.3) is 11.0 Å². The molecule has 0 radical (unpaired) electrons. The second kappa shape index (κ2) is 7.58. The quantitative estimate of drug-likeness (QED) is 0.334. The van der Waals surface area contributed by atoms with Crippen molar-refractivity contribution < 1.29 is 18.8 Å². The minimum atomic E-state index is -1.53. The third kappa shape index (κ3) is 2.55. The Labute approximate surface area is 229 Å². The third-order valence-electron chi connectivity index (χ3n) is 9.32. The fourth-order valence-electron chi connectivity index (χ4n) is 8.07. The Bertz CT molecular complexity index is 1750. The Balaban J connectivity index is 1.48. The van der Waals surface area contributed by atoms with Crippen LogP contribution in [0.4, 0.5) is 11.4 Å². The number of carbonyl (C=O) groups is 3. The number of nitrogens with one attached hydrogen (secondary N) is 2. The maximum atomic E-state index is 14.7. The molecular weight excluding hydrogens is 514 g/mol. The first-order chi connectivity index (χ1) is 18.9. The number of nitrogens with zero attached hydrogens (tertiary/aromatic N) is 1. The number of hydrogen-bond donors (Lipinski definition) is 2. The van der Waals surface area contributed by atoms with E-state index in [9.17, 15) is 14.4 Å². The molecule has 1 aromatic heterocycles. The number of furan rings is 1. The number of fused-ring (bicyclic) bond motifs is 8. The molecule has 4 aliphatic heterocycles. The molecule has 5 heterocycles. The lowest BCUT2D eigenvalue weighted by Crippen LogP contribution is -2.62. The van der Waals surface area contributed by atoms with E-state index < -0.39 is 16.9 Å². The lowest BCUT2D eigenvalue weighted by atomic mass is 9.57. The van der Waals surface area contributed by atoms with Gasteiger partial charge in [-0.1, -0.05) is 48.0 Å². The van der Waals surface area contributed by atoms with Gasteiger partial charge in [0.05, 0.1) is 5.92 Å². The summed E-state index contributed by atoms with van der Waals surface area (Å²) in [5.41, 5.74) is 1.00. The van der Waals surface area contributed by atoms with Gasteiger partial charge in [0.1, 0.15) is 16.5 Å². The monoisotopic (exact) mass is 537 g/mol. The van der Waals surface area contributed by atoms with Gasteiger partial charge in [-0.25, -0.2) is 0 Å². The summed E-state index contributed by atoms with van der Waals surface area (Å²) in [5.74, 6) is -1.59. The van der Waals surface area contributed by atoms with Crippen LogP contribution in [0, 0.1) is 12.8 Å². The number of halogens is 1. The molecule has 4 atom stereocenters. The Morgan fingerprint density at radius 3 is 2.64 bits per heavy atom. The molecule has 0 saturated carbocycles. The van der Waals surface area contributed by atoms with E-state index in [1.54, 1.807) is 12.1 Å². The normalized spacial score (nSPS) is 28.7. The molecule has 194 valence electrons. The van der Waals surface area contributed by atoms with E-state index in [0.29, 0.717) is 46.1 Å². The van der Waals surface area contributed by atoms with Crippen LogP contribution in [0.1, 0.15) is 40.1 Å². The molecule has 4 aromatic rings. The van der Waals surface area contributed by atoms with E-state index in [-0.39, 0.29) is 29.4 Å². The van der Waals surface area contributed by atoms with E-state index in [0.717, 1.165) is 17.4 Å². The second-order valence-corrected chi connectivity index (χ2v) is 11.4. The molecule has 2 amide bonds. The number of hydrogen-bond acceptors (Lipinski definition) is 5. The summed E-state index contributed by atoms with van der Waals surface area (Å²) < 4.78 is 6.08. The van der Waals surface area contributed by atoms with Crippen LogP contribution in [-0.2, 0) is 20.5 Å². The number of aryl methyl sites for hydroxylation is 1. The maximum absolute atomic E-state index is 14.7. The molecule has 0 unspecified atom stereocenters. The van der Waals surface area contributed by atoms with Crippen molar-refractivity contribution in [3.05, 3.63) is 94.2 Å². The maximum Gasteiger partial charge on any atom is 0.251 e. The van der Waals surface area contributed by atoms with E-state index in [1.165, 1.54) is 0 Å². The number of ketones is 1. The zero-order chi connectivity index (χ0) is 26.7. The summed E-state index contributed by atoms with van der Waals surface area (Å²) in [6.45, 7) is 2.47. The molecule has 7 nitrogen and oxygen atoms in total. The Morgan fingerprint density at radius 1 is 1.00 bits per heavy atom. The van der Waals surface area contributed by atoms with Crippen LogP contribution in [-0.4, -0.2) is 35.1 Å². The van der Waals surface area contributed by atoms with Gasteiger partial charge in [0.25, 0.3) is 5.91 Å². The molecule has 0 bridgehead atoms. The summed E-state index contributed by atoms with van der Waals surface area (Å²) in [6.07, 6.45) is 1.48. The summed E-state index contributed by atoms with van der Waals surface area (Å²) in [5, 5.41) is 7.45. The lowest BCUT2D eigenvalue weighted by Gasteiger charge is -2.43. The van der Waals surface area contributed by atoms with Gasteiger partial charge in [0.15, 0.2) is 5.76 Å². The topological polar surface area (TPSA) is 91.7 Å². The number of Topliss-reactive ketones (excluding diaryl/α,β-unsaturated/α-hetero) is 1. The SMILES string of the molecule is Cc1cc(Cl)cc2c1NC(=O)[C@]21N2CCC[C@H]2[C@@H](C(=O)c2cc3ccccc3o2)[C@]12C(=O)Nc1ccccc12. The van der Waals surface area contributed by atoms with Gasteiger partial charge in [0, 0.05) is 33.4 Å². The summed E-state index contributed by atoms with van der Waals surface area (Å²) >= 11 is 6.61. The summed E-state index contributed by atoms with van der Waals surface area (Å²) in [7, 11) is 0. The summed E-state index contributed by atoms with van der Waals surface area (Å²) in [6, 6.07) is 19.9. The van der Waals surface area contributed by atoms with Crippen LogP contribution < -0.4 is 10.6 Å². The minimum absolute atomic E-state index is 0.197. The zero-order valence-electron chi connectivity index (χ0n) is 21.1. The lowest BCUT2D eigenvalue weighted by molar-refractivity contribution is -0.137. The molecule has 4 aliphatic rings. The van der Waals surface area contributed by atoms with E-state index in [1.807, 2.05) is 61.5 Å². The van der Waals surface area contributed by atoms with Crippen molar-refractivity contribution in [1.29, 1.82) is 0 Å². The summed E-state index contributed by atoms with van der Waals surface area (Å²) in [4.78, 5) is 45.9. The Hall–Kier alpha value is -3.94. The van der Waals surface area contributed by atoms with Gasteiger partial charge >= 0.3 is 0 Å². The van der Waals surface area contributed by atoms with E-state index in [2.05, 4.69) is 15.5 Å². The molecule has 39 heavy (non-hydrogen) atoms. The molecule has 2 fully saturated rings. The number of carbonyl (C=O) groups excluding carboxylic acids is 3. The van der Waals surface area contributed by atoms with Crippen molar-refractivity contribution in [1.82, 2.24) is 4.90 Å². The standard InChI is InChI=1S/C31H24ClN3O4/c1-16-13-18(32)15-20-26(16)34-29(38)31(20)30(19-8-3-4-9-21(19)33-28(30)37)25(22-10-6-12-35(22)31)27(36)24-14-17-7-2-5-11-23(17)39-24/h2-5,7-9,11,13-15,22,25H,6,10,12H2,1H3,(H,33,37)(H,34,38)/t22-,25-,30+,31+/m0/s1. The fourth-order valence-corrected chi connectivity index (χ4v) is 8.34. The van der Waals surface area contributed by atoms with Gasteiger partial charge in [-0.2, -0.15) is 0 Å². The number of amides is 2. The molecule has 2 N–H and O–H groups in total. The average Bonchev–Trinajstić information content (AvgIpc) is 3.71. The van der Waals surface area contributed by atoms with Crippen molar-refractivity contribution in [2.75, 3.05) is 17.2 Å². The van der Waals surface area contributed by atoms with Gasteiger partial charge in [-0.3, -0.25) is 19.3 Å². The van der Waals surface area contributed by atoms with Crippen molar-refractivity contribution >= 4 is 51.5 Å². The van der Waals surface area contributed by atoms with Crippen LogP contribution in [0.2, 0.25) is 5.02 Å². The highest BCUT2D eigenvalue weighted by Gasteiger charge is 2.81. The first-order valence-electron chi connectivity index (χ1n) is 13.2. The largest absolute Gasteiger partial charge is 0.453 e. The highest BCUT2D eigenvalue weighted by Crippen LogP contribution is 2.68. The Morgan fingerprint density at radius 2 is 1.79 bits per heavy atom. The van der Waals surface area contributed by atoms with E-state index >= 15 is 0 Å². The van der Waals surface area contributed by atoms with Gasteiger partial charge < -0.3 is 15.1 Å². The predicted octanol–water partition coefficient (Wildman–Crippen LogP) is 5.41. The van der Waals surface area contributed by atoms with Crippen LogP contribution in [0.15, 0.2) is 71.1 Å². The average molecular weight is 538 g/mol. The van der Waals surface area contributed by atoms with Crippen molar-refractivity contribution in [2.45, 2.75) is 36.8 Å². The van der Waals surface area contributed by atoms with Crippen molar-refractivity contribution in [2.24, 2.45) is 5.92 Å². The molecule has 2 saturated heterocycles. The number of para-hydroxylation sites is 2. The third-order valence-corrected chi connectivity index (χ3v) is 9.54. The number of benzene rings is 3. The molecule has 8 heteroatoms. The van der Waals surface area contributed by atoms with Gasteiger partial charge in [-0.05, 0) is 67.8 Å². The molecule has 3 aromatic carbocycles. The highest BCUT2D eigenvalue weighted by molar-refractivity contribution is 6.31. The molecule has 0 aliphatic carbocycles. The van der Waals surface area contributed by atoms with Crippen LogP contribution in [0.3, 0.4) is 0 Å². The Kier molecular flexibility index (Phi) is 4.47. The highest BCUT2D eigenvalue weighted by atomic mass is 35.5. The van der Waals surface area contributed by atoms with Crippen LogP contribution in [0.5, 0.6) is 0 Å². The molecule has 2 spiro atoms. The van der Waals surface area contributed by atoms with Gasteiger partial charge in [0.2, 0.25) is 11.7 Å². The zero-order valence-corrected chi connectivity index (χ0v) is 21.8. The second-order valence-electron chi connectivity index (χ2n) is 11.0. The van der Waals surface area contributed by atoms with Crippen molar-refractivity contribution in [3.63, 3.8) is 0 Å². The molecule has 8 rings (SSSR count). The van der Waals surface area contributed by atoms with E-state index in [4.69, 9.17) is 16.0 Å². The minimum Gasteiger partial charge on any atom is -0.453 e.